The van der Waals surface area contributed by atoms with Crippen LogP contribution in [0.3, 0.4) is 0 Å². The molecule has 2 fully saturated rings. The molecule has 0 bridgehead atoms. The highest BCUT2D eigenvalue weighted by atomic mass is 32.2. The van der Waals surface area contributed by atoms with E-state index in [0.29, 0.717) is 29.8 Å². The quantitative estimate of drug-likeness (QED) is 0.650. The lowest BCUT2D eigenvalue weighted by atomic mass is 10.1. The van der Waals surface area contributed by atoms with Gasteiger partial charge in [0.2, 0.25) is 21.8 Å². The van der Waals surface area contributed by atoms with Gasteiger partial charge in [0.15, 0.2) is 5.13 Å². The third-order valence-corrected chi connectivity index (χ3v) is 8.58. The summed E-state index contributed by atoms with van der Waals surface area (Å²) < 4.78 is 26.7. The lowest BCUT2D eigenvalue weighted by Gasteiger charge is -2.20. The van der Waals surface area contributed by atoms with Crippen molar-refractivity contribution in [2.45, 2.75) is 43.9 Å². The maximum atomic E-state index is 12.7. The van der Waals surface area contributed by atoms with Crippen molar-refractivity contribution >= 4 is 44.0 Å². The van der Waals surface area contributed by atoms with Crippen LogP contribution in [-0.4, -0.2) is 49.2 Å². The second-order valence-corrected chi connectivity index (χ2v) is 10.6. The van der Waals surface area contributed by atoms with Crippen LogP contribution in [0.1, 0.15) is 44.7 Å². The molecular formula is C21H26N4O4S2. The number of nitrogens with zero attached hydrogens (tertiary/aromatic N) is 3. The number of amides is 2. The minimum absolute atomic E-state index is 0.117. The zero-order chi connectivity index (χ0) is 22.2. The van der Waals surface area contributed by atoms with Crippen LogP contribution in [0.15, 0.2) is 34.5 Å². The monoisotopic (exact) mass is 462 g/mol. The van der Waals surface area contributed by atoms with E-state index in [1.807, 2.05) is 5.38 Å². The number of rotatable bonds is 8. The van der Waals surface area contributed by atoms with Crippen molar-refractivity contribution in [3.05, 3.63) is 35.3 Å². The molecule has 1 aromatic heterocycles. The predicted octanol–water partition coefficient (Wildman–Crippen LogP) is 3.04. The molecule has 1 unspecified atom stereocenters. The second kappa shape index (κ2) is 8.68. The van der Waals surface area contributed by atoms with Crippen molar-refractivity contribution < 1.29 is 18.0 Å². The Morgan fingerprint density at radius 2 is 1.90 bits per heavy atom. The molecule has 2 amide bonds. The number of sulfonamides is 1. The summed E-state index contributed by atoms with van der Waals surface area (Å²) in [5.41, 5.74) is 1.62. The zero-order valence-corrected chi connectivity index (χ0v) is 19.2. The van der Waals surface area contributed by atoms with Gasteiger partial charge in [0.05, 0.1) is 16.5 Å². The Labute approximate surface area is 186 Å². The minimum atomic E-state index is -3.55. The molecule has 0 spiro atoms. The van der Waals surface area contributed by atoms with Crippen LogP contribution in [0.4, 0.5) is 10.8 Å². The molecule has 2 aliphatic rings. The van der Waals surface area contributed by atoms with Crippen LogP contribution in [0.2, 0.25) is 0 Å². The molecule has 4 rings (SSSR count). The molecule has 166 valence electrons. The van der Waals surface area contributed by atoms with E-state index in [1.165, 1.54) is 32.7 Å². The maximum Gasteiger partial charge on any atom is 0.243 e. The summed E-state index contributed by atoms with van der Waals surface area (Å²) in [6.45, 7) is 4.63. The van der Waals surface area contributed by atoms with E-state index in [-0.39, 0.29) is 29.7 Å². The number of hydrogen-bond acceptors (Lipinski definition) is 6. The SMILES string of the molecule is CCN(CC)S(=O)(=O)c1ccc(N2CC(C(=O)Nc3nc(C4CC4)cs3)CC2=O)cc1. The number of thiazole rings is 1. The van der Waals surface area contributed by atoms with Gasteiger partial charge in [-0.15, -0.1) is 11.3 Å². The molecule has 31 heavy (non-hydrogen) atoms. The smallest absolute Gasteiger partial charge is 0.243 e. The van der Waals surface area contributed by atoms with Crippen molar-refractivity contribution in [3.63, 3.8) is 0 Å². The Hall–Kier alpha value is -2.30. The Balaban J connectivity index is 1.42. The largest absolute Gasteiger partial charge is 0.312 e. The van der Waals surface area contributed by atoms with Gasteiger partial charge in [0, 0.05) is 43.0 Å². The first kappa shape index (κ1) is 21.9. The number of carbonyl (C=O) groups excluding carboxylic acids is 2. The van der Waals surface area contributed by atoms with Crippen LogP contribution in [0, 0.1) is 5.92 Å². The van der Waals surface area contributed by atoms with Gasteiger partial charge in [-0.05, 0) is 37.1 Å². The molecule has 1 aromatic carbocycles. The van der Waals surface area contributed by atoms with Crippen LogP contribution in [0.25, 0.3) is 0 Å². The fourth-order valence-corrected chi connectivity index (χ4v) is 6.01. The number of aromatic nitrogens is 1. The van der Waals surface area contributed by atoms with Crippen LogP contribution in [0.5, 0.6) is 0 Å². The van der Waals surface area contributed by atoms with Gasteiger partial charge in [0.1, 0.15) is 0 Å². The van der Waals surface area contributed by atoms with Crippen LogP contribution < -0.4 is 10.2 Å². The van der Waals surface area contributed by atoms with Crippen molar-refractivity contribution in [2.24, 2.45) is 5.92 Å². The highest BCUT2D eigenvalue weighted by Crippen LogP contribution is 2.41. The molecule has 1 saturated heterocycles. The van der Waals surface area contributed by atoms with Crippen molar-refractivity contribution in [3.8, 4) is 0 Å². The first-order valence-electron chi connectivity index (χ1n) is 10.5. The molecule has 1 saturated carbocycles. The van der Waals surface area contributed by atoms with E-state index in [0.717, 1.165) is 18.5 Å². The third-order valence-electron chi connectivity index (χ3n) is 5.74. The average Bonchev–Trinajstić information content (AvgIpc) is 3.38. The van der Waals surface area contributed by atoms with Gasteiger partial charge in [-0.1, -0.05) is 13.8 Å². The topological polar surface area (TPSA) is 99.7 Å². The van der Waals surface area contributed by atoms with Crippen LogP contribution >= 0.6 is 11.3 Å². The molecule has 8 nitrogen and oxygen atoms in total. The summed E-state index contributed by atoms with van der Waals surface area (Å²) >= 11 is 1.41. The first-order chi connectivity index (χ1) is 14.8. The number of nitrogens with one attached hydrogen (secondary N) is 1. The van der Waals surface area contributed by atoms with E-state index in [2.05, 4.69) is 10.3 Å². The predicted molar refractivity (Wildman–Crippen MR) is 120 cm³/mol. The van der Waals surface area contributed by atoms with Crippen LogP contribution in [-0.2, 0) is 19.6 Å². The molecular weight excluding hydrogens is 436 g/mol. The normalized spacial score (nSPS) is 19.3. The van der Waals surface area contributed by atoms with E-state index in [1.54, 1.807) is 26.0 Å². The summed E-state index contributed by atoms with van der Waals surface area (Å²) in [5, 5.41) is 5.39. The highest BCUT2D eigenvalue weighted by molar-refractivity contribution is 7.89. The maximum absolute atomic E-state index is 12.7. The fourth-order valence-electron chi connectivity index (χ4n) is 3.76. The fraction of sp³-hybridized carbons (Fsp3) is 0.476. The molecule has 2 aromatic rings. The summed E-state index contributed by atoms with van der Waals surface area (Å²) in [5.74, 6) is -0.315. The van der Waals surface area contributed by atoms with E-state index < -0.39 is 15.9 Å². The summed E-state index contributed by atoms with van der Waals surface area (Å²) in [7, 11) is -3.55. The Kier molecular flexibility index (Phi) is 6.14. The molecule has 1 aliphatic carbocycles. The number of carbonyl (C=O) groups is 2. The lowest BCUT2D eigenvalue weighted by molar-refractivity contribution is -0.122. The Bertz CT molecular complexity index is 1070. The Morgan fingerprint density at radius 3 is 2.52 bits per heavy atom. The van der Waals surface area contributed by atoms with Crippen molar-refractivity contribution in [2.75, 3.05) is 29.9 Å². The van der Waals surface area contributed by atoms with Gasteiger partial charge in [-0.25, -0.2) is 13.4 Å². The van der Waals surface area contributed by atoms with Gasteiger partial charge >= 0.3 is 0 Å². The van der Waals surface area contributed by atoms with E-state index in [4.69, 9.17) is 0 Å². The van der Waals surface area contributed by atoms with E-state index >= 15 is 0 Å². The highest BCUT2D eigenvalue weighted by Gasteiger charge is 2.36. The van der Waals surface area contributed by atoms with Gasteiger partial charge in [0.25, 0.3) is 0 Å². The summed E-state index contributed by atoms with van der Waals surface area (Å²) in [4.78, 5) is 31.4. The number of anilines is 2. The van der Waals surface area contributed by atoms with Gasteiger partial charge in [-0.2, -0.15) is 4.31 Å². The lowest BCUT2D eigenvalue weighted by Crippen LogP contribution is -2.31. The van der Waals surface area contributed by atoms with E-state index in [9.17, 15) is 18.0 Å². The zero-order valence-electron chi connectivity index (χ0n) is 17.6. The molecule has 2 heterocycles. The first-order valence-corrected chi connectivity index (χ1v) is 12.8. The Morgan fingerprint density at radius 1 is 1.23 bits per heavy atom. The number of benzene rings is 1. The van der Waals surface area contributed by atoms with Gasteiger partial charge < -0.3 is 10.2 Å². The standard InChI is InChI=1S/C21H26N4O4S2/c1-3-24(4-2)31(28,29)17-9-7-16(8-10-17)25-12-15(11-19(25)26)20(27)23-21-22-18(13-30-21)14-5-6-14/h7-10,13-15H,3-6,11-12H2,1-2H3,(H,22,23,27). The molecule has 1 aliphatic heterocycles. The van der Waals surface area contributed by atoms with Crippen molar-refractivity contribution in [1.29, 1.82) is 0 Å². The molecule has 1 atom stereocenters. The van der Waals surface area contributed by atoms with Crippen molar-refractivity contribution in [1.82, 2.24) is 9.29 Å². The molecule has 10 heteroatoms. The second-order valence-electron chi connectivity index (χ2n) is 7.83. The minimum Gasteiger partial charge on any atom is -0.312 e. The summed E-state index contributed by atoms with van der Waals surface area (Å²) in [6, 6.07) is 6.27. The molecule has 0 radical (unpaired) electrons. The third kappa shape index (κ3) is 4.51. The molecule has 1 N–H and O–H groups in total. The van der Waals surface area contributed by atoms with Gasteiger partial charge in [-0.3, -0.25) is 9.59 Å². The average molecular weight is 463 g/mol. The number of hydrogen-bond donors (Lipinski definition) is 1. The summed E-state index contributed by atoms with van der Waals surface area (Å²) in [6.07, 6.45) is 2.42.